The van der Waals surface area contributed by atoms with E-state index in [0.717, 1.165) is 30.3 Å². The fourth-order valence-electron chi connectivity index (χ4n) is 2.46. The van der Waals surface area contributed by atoms with E-state index in [-0.39, 0.29) is 0 Å². The minimum Gasteiger partial charge on any atom is -0.378 e. The number of aryl methyl sites for hydroxylation is 1. The number of aromatic nitrogens is 4. The fraction of sp³-hybridized carbons (Fsp3) is 0.500. The summed E-state index contributed by atoms with van der Waals surface area (Å²) in [6.07, 6.45) is 7.55. The molecule has 1 aliphatic heterocycles. The zero-order chi connectivity index (χ0) is 13.8. The van der Waals surface area contributed by atoms with E-state index in [0.29, 0.717) is 6.54 Å². The van der Waals surface area contributed by atoms with Gasteiger partial charge in [-0.1, -0.05) is 5.21 Å². The van der Waals surface area contributed by atoms with Crippen LogP contribution in [0.25, 0.3) is 0 Å². The summed E-state index contributed by atoms with van der Waals surface area (Å²) in [6, 6.07) is 4.18. The highest BCUT2D eigenvalue weighted by atomic mass is 15.4. The van der Waals surface area contributed by atoms with Crippen LogP contribution in [0.3, 0.4) is 0 Å². The van der Waals surface area contributed by atoms with Crippen molar-refractivity contribution < 1.29 is 0 Å². The van der Waals surface area contributed by atoms with E-state index < -0.39 is 0 Å². The minimum absolute atomic E-state index is 0.703. The predicted molar refractivity (Wildman–Crippen MR) is 78.6 cm³/mol. The summed E-state index contributed by atoms with van der Waals surface area (Å²) >= 11 is 0. The first-order valence-corrected chi connectivity index (χ1v) is 7.11. The molecule has 1 saturated heterocycles. The second-order valence-electron chi connectivity index (χ2n) is 5.16. The van der Waals surface area contributed by atoms with Crippen molar-refractivity contribution in [2.75, 3.05) is 23.3 Å². The van der Waals surface area contributed by atoms with Crippen LogP contribution in [0, 0.1) is 0 Å². The maximum absolute atomic E-state index is 4.55. The Kier molecular flexibility index (Phi) is 3.80. The first kappa shape index (κ1) is 12.9. The van der Waals surface area contributed by atoms with Crippen molar-refractivity contribution in [1.29, 1.82) is 0 Å². The molecule has 1 N–H and O–H groups in total. The van der Waals surface area contributed by atoms with Crippen molar-refractivity contribution >= 4 is 11.5 Å². The second-order valence-corrected chi connectivity index (χ2v) is 5.16. The largest absolute Gasteiger partial charge is 0.378 e. The summed E-state index contributed by atoms with van der Waals surface area (Å²) in [6.45, 7) is 2.95. The molecule has 6 heteroatoms. The Morgan fingerprint density at radius 1 is 1.15 bits per heavy atom. The van der Waals surface area contributed by atoms with Crippen LogP contribution in [0.1, 0.15) is 25.0 Å². The average Bonchev–Trinajstić information content (AvgIpc) is 2.92. The Bertz CT molecular complexity index is 541. The molecule has 0 aliphatic carbocycles. The molecular formula is C14H20N6. The van der Waals surface area contributed by atoms with Crippen molar-refractivity contribution in [2.45, 2.75) is 25.8 Å². The second kappa shape index (κ2) is 5.90. The average molecular weight is 272 g/mol. The molecule has 2 aromatic heterocycles. The number of hydrogen-bond donors (Lipinski definition) is 1. The zero-order valence-electron chi connectivity index (χ0n) is 11.8. The molecule has 0 aromatic carbocycles. The smallest absolute Gasteiger partial charge is 0.128 e. The molecule has 0 bridgehead atoms. The molecule has 0 unspecified atom stereocenters. The Balaban J connectivity index is 1.59. The molecule has 2 aromatic rings. The third-order valence-corrected chi connectivity index (χ3v) is 3.71. The van der Waals surface area contributed by atoms with Crippen LogP contribution < -0.4 is 10.2 Å². The third-order valence-electron chi connectivity index (χ3n) is 3.71. The number of hydrogen-bond acceptors (Lipinski definition) is 5. The number of nitrogens with one attached hydrogen (secondary N) is 1. The topological polar surface area (TPSA) is 58.9 Å². The SMILES string of the molecule is Cn1nncc1CNc1ccc(N2CCCCC2)nc1. The molecule has 0 saturated carbocycles. The van der Waals surface area contributed by atoms with Gasteiger partial charge in [-0.15, -0.1) is 5.10 Å². The maximum atomic E-state index is 4.55. The fourth-order valence-corrected chi connectivity index (χ4v) is 2.46. The highest BCUT2D eigenvalue weighted by Crippen LogP contribution is 2.19. The van der Waals surface area contributed by atoms with E-state index in [9.17, 15) is 0 Å². The lowest BCUT2D eigenvalue weighted by Gasteiger charge is -2.27. The van der Waals surface area contributed by atoms with Crippen LogP contribution in [-0.2, 0) is 13.6 Å². The number of nitrogens with zero attached hydrogens (tertiary/aromatic N) is 5. The minimum atomic E-state index is 0.703. The summed E-state index contributed by atoms with van der Waals surface area (Å²) in [7, 11) is 1.89. The van der Waals surface area contributed by atoms with Crippen molar-refractivity contribution in [3.8, 4) is 0 Å². The number of rotatable bonds is 4. The molecule has 0 amide bonds. The van der Waals surface area contributed by atoms with Gasteiger partial charge in [0.15, 0.2) is 0 Å². The molecule has 6 nitrogen and oxygen atoms in total. The standard InChI is InChI=1S/C14H20N6/c1-19-13(11-17-18-19)10-15-12-5-6-14(16-9-12)20-7-3-2-4-8-20/h5-6,9,11,15H,2-4,7-8,10H2,1H3. The summed E-state index contributed by atoms with van der Waals surface area (Å²) < 4.78 is 1.77. The van der Waals surface area contributed by atoms with Gasteiger partial charge in [0.25, 0.3) is 0 Å². The van der Waals surface area contributed by atoms with E-state index in [1.54, 1.807) is 10.9 Å². The van der Waals surface area contributed by atoms with Gasteiger partial charge in [-0.2, -0.15) is 0 Å². The Morgan fingerprint density at radius 2 is 2.00 bits per heavy atom. The van der Waals surface area contributed by atoms with Crippen molar-refractivity contribution in [3.05, 3.63) is 30.2 Å². The number of piperidine rings is 1. The molecule has 0 atom stereocenters. The van der Waals surface area contributed by atoms with Crippen molar-refractivity contribution in [2.24, 2.45) is 7.05 Å². The Labute approximate surface area is 118 Å². The van der Waals surface area contributed by atoms with Crippen LogP contribution in [0.2, 0.25) is 0 Å². The molecule has 0 radical (unpaired) electrons. The van der Waals surface area contributed by atoms with E-state index in [1.807, 2.05) is 13.2 Å². The van der Waals surface area contributed by atoms with Gasteiger partial charge in [0, 0.05) is 20.1 Å². The quantitative estimate of drug-likeness (QED) is 0.920. The molecule has 0 spiro atoms. The number of pyridine rings is 1. The number of anilines is 2. The van der Waals surface area contributed by atoms with E-state index in [2.05, 4.69) is 37.6 Å². The van der Waals surface area contributed by atoms with Gasteiger partial charge in [0.2, 0.25) is 0 Å². The van der Waals surface area contributed by atoms with Crippen molar-refractivity contribution in [3.63, 3.8) is 0 Å². The third kappa shape index (κ3) is 2.89. The summed E-state index contributed by atoms with van der Waals surface area (Å²) in [4.78, 5) is 6.91. The Hall–Kier alpha value is -2.11. The Morgan fingerprint density at radius 3 is 2.65 bits per heavy atom. The van der Waals surface area contributed by atoms with Gasteiger partial charge in [0.1, 0.15) is 5.82 Å². The van der Waals surface area contributed by atoms with Gasteiger partial charge < -0.3 is 10.2 Å². The lowest BCUT2D eigenvalue weighted by Crippen LogP contribution is -2.30. The molecule has 1 fully saturated rings. The molecule has 3 rings (SSSR count). The van der Waals surface area contributed by atoms with Gasteiger partial charge in [-0.05, 0) is 31.4 Å². The van der Waals surface area contributed by atoms with Crippen LogP contribution in [0.4, 0.5) is 11.5 Å². The van der Waals surface area contributed by atoms with Gasteiger partial charge in [-0.25, -0.2) is 4.98 Å². The first-order valence-electron chi connectivity index (χ1n) is 7.11. The normalized spacial score (nSPS) is 15.3. The van der Waals surface area contributed by atoms with E-state index >= 15 is 0 Å². The van der Waals surface area contributed by atoms with E-state index in [1.165, 1.54) is 19.3 Å². The molecule has 106 valence electrons. The highest BCUT2D eigenvalue weighted by molar-refractivity contribution is 5.48. The maximum Gasteiger partial charge on any atom is 0.128 e. The zero-order valence-corrected chi connectivity index (χ0v) is 11.8. The summed E-state index contributed by atoms with van der Waals surface area (Å²) in [5.41, 5.74) is 2.07. The van der Waals surface area contributed by atoms with Crippen LogP contribution in [-0.4, -0.2) is 33.1 Å². The van der Waals surface area contributed by atoms with Crippen LogP contribution in [0.5, 0.6) is 0 Å². The van der Waals surface area contributed by atoms with Crippen LogP contribution >= 0.6 is 0 Å². The molecular weight excluding hydrogens is 252 g/mol. The summed E-state index contributed by atoms with van der Waals surface area (Å²) in [5.74, 6) is 1.08. The van der Waals surface area contributed by atoms with Gasteiger partial charge >= 0.3 is 0 Å². The van der Waals surface area contributed by atoms with E-state index in [4.69, 9.17) is 0 Å². The predicted octanol–water partition coefficient (Wildman–Crippen LogP) is 1.81. The molecule has 20 heavy (non-hydrogen) atoms. The molecule has 3 heterocycles. The lowest BCUT2D eigenvalue weighted by molar-refractivity contribution is 0.573. The monoisotopic (exact) mass is 272 g/mol. The van der Waals surface area contributed by atoms with Gasteiger partial charge in [-0.3, -0.25) is 4.68 Å². The molecule has 1 aliphatic rings. The highest BCUT2D eigenvalue weighted by Gasteiger charge is 2.11. The van der Waals surface area contributed by atoms with Crippen LogP contribution in [0.15, 0.2) is 24.5 Å². The first-order chi connectivity index (χ1) is 9.83. The lowest BCUT2D eigenvalue weighted by atomic mass is 10.1. The van der Waals surface area contributed by atoms with Gasteiger partial charge in [0.05, 0.1) is 30.3 Å². The van der Waals surface area contributed by atoms with Crippen molar-refractivity contribution in [1.82, 2.24) is 20.0 Å². The summed E-state index contributed by atoms with van der Waals surface area (Å²) in [5, 5.41) is 11.1.